The second-order valence-electron chi connectivity index (χ2n) is 8.95. The standard InChI is InChI=1S/C25H29N7O2/c1-15(2)29-24(33)21-12-28-25(31-19-4-3-16-5-7-26-11-17(16)9-19)32-23(21)30-20-6-8-27-22(10-20)18-13-34-14-18/h3-4,6,8-10,12,15,18,26H,5,7,11,13-14H2,1-2H3,(H,29,33)(H2,27,28,30,31,32). The van der Waals surface area contributed by atoms with Gasteiger partial charge in [0.2, 0.25) is 5.95 Å². The van der Waals surface area contributed by atoms with E-state index in [1.807, 2.05) is 32.0 Å². The lowest BCUT2D eigenvalue weighted by Crippen LogP contribution is -2.31. The van der Waals surface area contributed by atoms with Crippen molar-refractivity contribution in [3.63, 3.8) is 0 Å². The van der Waals surface area contributed by atoms with Crippen molar-refractivity contribution in [2.24, 2.45) is 0 Å². The smallest absolute Gasteiger partial charge is 0.256 e. The summed E-state index contributed by atoms with van der Waals surface area (Å²) in [5.74, 6) is 0.906. The fraction of sp³-hybridized carbons (Fsp3) is 0.360. The van der Waals surface area contributed by atoms with Gasteiger partial charge in [-0.25, -0.2) is 4.98 Å². The third-order valence-electron chi connectivity index (χ3n) is 5.90. The average Bonchev–Trinajstić information content (AvgIpc) is 2.78. The minimum Gasteiger partial charge on any atom is -0.380 e. The second-order valence-corrected chi connectivity index (χ2v) is 8.95. The zero-order chi connectivity index (χ0) is 23.5. The minimum absolute atomic E-state index is 0.00611. The minimum atomic E-state index is -0.231. The number of pyridine rings is 1. The van der Waals surface area contributed by atoms with E-state index in [1.54, 1.807) is 12.4 Å². The lowest BCUT2D eigenvalue weighted by atomic mass is 10.0. The molecule has 0 radical (unpaired) electrons. The molecule has 1 fully saturated rings. The number of hydrogen-bond donors (Lipinski definition) is 4. The second kappa shape index (κ2) is 9.74. The van der Waals surface area contributed by atoms with Gasteiger partial charge >= 0.3 is 0 Å². The third kappa shape index (κ3) is 5.00. The highest BCUT2D eigenvalue weighted by Crippen LogP contribution is 2.27. The zero-order valence-corrected chi connectivity index (χ0v) is 19.4. The number of aromatic nitrogens is 3. The van der Waals surface area contributed by atoms with Crippen LogP contribution in [0.4, 0.5) is 23.1 Å². The van der Waals surface area contributed by atoms with Gasteiger partial charge < -0.3 is 26.0 Å². The van der Waals surface area contributed by atoms with Crippen LogP contribution in [-0.4, -0.2) is 46.7 Å². The fourth-order valence-corrected chi connectivity index (χ4v) is 4.02. The number of rotatable bonds is 7. The Morgan fingerprint density at radius 1 is 1.09 bits per heavy atom. The molecule has 2 aromatic heterocycles. The van der Waals surface area contributed by atoms with Gasteiger partial charge in [0.05, 0.1) is 18.9 Å². The summed E-state index contributed by atoms with van der Waals surface area (Å²) < 4.78 is 5.30. The average molecular weight is 460 g/mol. The third-order valence-corrected chi connectivity index (χ3v) is 5.90. The molecule has 4 heterocycles. The molecule has 1 saturated heterocycles. The number of carbonyl (C=O) groups excluding carboxylic acids is 1. The number of ether oxygens (including phenoxy) is 1. The van der Waals surface area contributed by atoms with Gasteiger partial charge in [-0.2, -0.15) is 4.98 Å². The monoisotopic (exact) mass is 459 g/mol. The Morgan fingerprint density at radius 3 is 2.74 bits per heavy atom. The first-order valence-electron chi connectivity index (χ1n) is 11.6. The van der Waals surface area contributed by atoms with Crippen LogP contribution in [0, 0.1) is 0 Å². The first-order chi connectivity index (χ1) is 16.5. The predicted octanol–water partition coefficient (Wildman–Crippen LogP) is 3.26. The number of hydrogen-bond acceptors (Lipinski definition) is 8. The summed E-state index contributed by atoms with van der Waals surface area (Å²) in [5, 5.41) is 12.9. The first-order valence-corrected chi connectivity index (χ1v) is 11.6. The molecule has 1 aromatic carbocycles. The van der Waals surface area contributed by atoms with Crippen molar-refractivity contribution in [1.82, 2.24) is 25.6 Å². The van der Waals surface area contributed by atoms with E-state index in [1.165, 1.54) is 11.1 Å². The SMILES string of the molecule is CC(C)NC(=O)c1cnc(Nc2ccc3c(c2)CNCC3)nc1Nc1ccnc(C2COC2)c1. The molecule has 0 unspecified atom stereocenters. The van der Waals surface area contributed by atoms with E-state index in [-0.39, 0.29) is 11.9 Å². The van der Waals surface area contributed by atoms with Gasteiger partial charge in [0.1, 0.15) is 11.4 Å². The van der Waals surface area contributed by atoms with E-state index >= 15 is 0 Å². The van der Waals surface area contributed by atoms with E-state index in [0.717, 1.165) is 36.6 Å². The summed E-state index contributed by atoms with van der Waals surface area (Å²) in [5.41, 5.74) is 5.67. The van der Waals surface area contributed by atoms with Crippen molar-refractivity contribution in [3.05, 3.63) is 65.1 Å². The van der Waals surface area contributed by atoms with Crippen molar-refractivity contribution in [2.45, 2.75) is 38.8 Å². The molecule has 0 aliphatic carbocycles. The van der Waals surface area contributed by atoms with Gasteiger partial charge in [0.15, 0.2) is 0 Å². The number of benzene rings is 1. The van der Waals surface area contributed by atoms with Crippen LogP contribution >= 0.6 is 0 Å². The quantitative estimate of drug-likeness (QED) is 0.426. The molecule has 3 aromatic rings. The molecule has 9 heteroatoms. The molecular weight excluding hydrogens is 430 g/mol. The van der Waals surface area contributed by atoms with Crippen LogP contribution in [0.15, 0.2) is 42.7 Å². The molecule has 0 bridgehead atoms. The predicted molar refractivity (Wildman–Crippen MR) is 131 cm³/mol. The number of amides is 1. The molecule has 0 atom stereocenters. The number of fused-ring (bicyclic) bond motifs is 1. The Bertz CT molecular complexity index is 1190. The van der Waals surface area contributed by atoms with Crippen LogP contribution in [-0.2, 0) is 17.7 Å². The molecule has 176 valence electrons. The molecule has 34 heavy (non-hydrogen) atoms. The summed E-state index contributed by atoms with van der Waals surface area (Å²) in [6, 6.07) is 10.1. The van der Waals surface area contributed by atoms with Gasteiger partial charge in [-0.15, -0.1) is 0 Å². The van der Waals surface area contributed by atoms with Gasteiger partial charge in [-0.05, 0) is 62.2 Å². The van der Waals surface area contributed by atoms with Crippen molar-refractivity contribution in [3.8, 4) is 0 Å². The van der Waals surface area contributed by atoms with Crippen molar-refractivity contribution < 1.29 is 9.53 Å². The van der Waals surface area contributed by atoms with Crippen LogP contribution in [0.3, 0.4) is 0 Å². The van der Waals surface area contributed by atoms with Gasteiger partial charge in [-0.3, -0.25) is 9.78 Å². The molecule has 4 N–H and O–H groups in total. The highest BCUT2D eigenvalue weighted by molar-refractivity contribution is 5.99. The molecule has 9 nitrogen and oxygen atoms in total. The van der Waals surface area contributed by atoms with Gasteiger partial charge in [0, 0.05) is 42.3 Å². The van der Waals surface area contributed by atoms with Crippen LogP contribution in [0.1, 0.15) is 46.9 Å². The molecule has 2 aliphatic heterocycles. The van der Waals surface area contributed by atoms with E-state index in [0.29, 0.717) is 36.5 Å². The Kier molecular flexibility index (Phi) is 6.37. The Balaban J connectivity index is 1.43. The maximum atomic E-state index is 12.8. The van der Waals surface area contributed by atoms with Crippen molar-refractivity contribution >= 4 is 29.0 Å². The summed E-state index contributed by atoms with van der Waals surface area (Å²) in [7, 11) is 0. The summed E-state index contributed by atoms with van der Waals surface area (Å²) >= 11 is 0. The van der Waals surface area contributed by atoms with Crippen LogP contribution in [0.5, 0.6) is 0 Å². The number of carbonyl (C=O) groups is 1. The van der Waals surface area contributed by atoms with Crippen LogP contribution in [0.2, 0.25) is 0 Å². The van der Waals surface area contributed by atoms with E-state index in [4.69, 9.17) is 4.74 Å². The normalized spacial score (nSPS) is 15.4. The fourth-order valence-electron chi connectivity index (χ4n) is 4.02. The molecule has 5 rings (SSSR count). The Labute approximate surface area is 198 Å². The van der Waals surface area contributed by atoms with E-state index in [2.05, 4.69) is 48.4 Å². The van der Waals surface area contributed by atoms with Gasteiger partial charge in [0.25, 0.3) is 5.91 Å². The largest absolute Gasteiger partial charge is 0.380 e. The first kappa shape index (κ1) is 22.2. The topological polar surface area (TPSA) is 113 Å². The van der Waals surface area contributed by atoms with Crippen molar-refractivity contribution in [1.29, 1.82) is 0 Å². The molecule has 0 spiro atoms. The van der Waals surface area contributed by atoms with Crippen LogP contribution in [0.25, 0.3) is 0 Å². The highest BCUT2D eigenvalue weighted by Gasteiger charge is 2.22. The summed E-state index contributed by atoms with van der Waals surface area (Å²) in [4.78, 5) is 26.4. The highest BCUT2D eigenvalue weighted by atomic mass is 16.5. The summed E-state index contributed by atoms with van der Waals surface area (Å²) in [6.45, 7) is 7.05. The summed E-state index contributed by atoms with van der Waals surface area (Å²) in [6.07, 6.45) is 4.34. The van der Waals surface area contributed by atoms with E-state index < -0.39 is 0 Å². The number of anilines is 4. The molecular formula is C25H29N7O2. The Morgan fingerprint density at radius 2 is 1.94 bits per heavy atom. The van der Waals surface area contributed by atoms with Gasteiger partial charge in [-0.1, -0.05) is 6.07 Å². The molecule has 0 saturated carbocycles. The maximum absolute atomic E-state index is 12.8. The Hall–Kier alpha value is -3.56. The lowest BCUT2D eigenvalue weighted by Gasteiger charge is -2.25. The lowest BCUT2D eigenvalue weighted by molar-refractivity contribution is 0.00674. The zero-order valence-electron chi connectivity index (χ0n) is 19.4. The van der Waals surface area contributed by atoms with Crippen LogP contribution < -0.4 is 21.3 Å². The van der Waals surface area contributed by atoms with Crippen molar-refractivity contribution in [2.75, 3.05) is 30.4 Å². The number of nitrogens with zero attached hydrogens (tertiary/aromatic N) is 3. The molecule has 2 aliphatic rings. The van der Waals surface area contributed by atoms with E-state index in [9.17, 15) is 4.79 Å². The number of nitrogens with one attached hydrogen (secondary N) is 4. The maximum Gasteiger partial charge on any atom is 0.256 e. The molecule has 1 amide bonds.